The van der Waals surface area contributed by atoms with Crippen molar-refractivity contribution in [3.8, 4) is 5.75 Å². The van der Waals surface area contributed by atoms with E-state index in [0.717, 1.165) is 10.5 Å². The van der Waals surface area contributed by atoms with Crippen molar-refractivity contribution in [2.24, 2.45) is 0 Å². The van der Waals surface area contributed by atoms with Gasteiger partial charge in [0, 0.05) is 28.4 Å². The fraction of sp³-hybridized carbons (Fsp3) is 0.258. The summed E-state index contributed by atoms with van der Waals surface area (Å²) in [7, 11) is 1.56. The van der Waals surface area contributed by atoms with E-state index in [1.54, 1.807) is 26.2 Å². The van der Waals surface area contributed by atoms with Crippen LogP contribution in [0.5, 0.6) is 5.75 Å². The van der Waals surface area contributed by atoms with Crippen molar-refractivity contribution in [1.82, 2.24) is 19.8 Å². The highest BCUT2D eigenvalue weighted by Crippen LogP contribution is 2.29. The topological polar surface area (TPSA) is 141 Å². The molecule has 0 spiro atoms. The molecule has 14 heteroatoms. The minimum atomic E-state index is -0.920. The molecule has 3 N–H and O–H groups in total. The Morgan fingerprint density at radius 3 is 2.42 bits per heavy atom. The lowest BCUT2D eigenvalue weighted by Gasteiger charge is -2.39. The van der Waals surface area contributed by atoms with Crippen molar-refractivity contribution in [1.29, 1.82) is 5.41 Å². The van der Waals surface area contributed by atoms with Crippen molar-refractivity contribution in [3.63, 3.8) is 0 Å². The summed E-state index contributed by atoms with van der Waals surface area (Å²) in [5, 5.41) is 13.4. The van der Waals surface area contributed by atoms with E-state index in [9.17, 15) is 19.2 Å². The SMILES string of the molecule is CCOC(=O)NC(=N)c1cc(Cl)c(CNC(=O)CN2C(=O)CN(Sc3ccccc3)C(=O)[C@@H]2Cc2ccc(OC)cc2)cc1Cl. The van der Waals surface area contributed by atoms with E-state index >= 15 is 0 Å². The molecule has 3 aromatic carbocycles. The average Bonchev–Trinajstić information content (AvgIpc) is 3.02. The quantitative estimate of drug-likeness (QED) is 0.153. The van der Waals surface area contributed by atoms with Crippen molar-refractivity contribution in [2.75, 3.05) is 26.8 Å². The molecule has 45 heavy (non-hydrogen) atoms. The van der Waals surface area contributed by atoms with E-state index in [-0.39, 0.29) is 65.9 Å². The normalized spacial score (nSPS) is 14.6. The fourth-order valence-corrected chi connectivity index (χ4v) is 5.92. The first kappa shape index (κ1) is 33.6. The number of piperazine rings is 1. The second-order valence-electron chi connectivity index (χ2n) is 9.79. The third kappa shape index (κ3) is 8.90. The summed E-state index contributed by atoms with van der Waals surface area (Å²) in [4.78, 5) is 54.0. The lowest BCUT2D eigenvalue weighted by molar-refractivity contribution is -0.152. The monoisotopic (exact) mass is 671 g/mol. The molecule has 4 amide bonds. The van der Waals surface area contributed by atoms with Crippen LogP contribution in [-0.2, 0) is 32.1 Å². The molecule has 0 aromatic heterocycles. The number of ether oxygens (including phenoxy) is 2. The lowest BCUT2D eigenvalue weighted by atomic mass is 10.0. The van der Waals surface area contributed by atoms with Crippen LogP contribution < -0.4 is 15.4 Å². The first-order valence-electron chi connectivity index (χ1n) is 13.8. The van der Waals surface area contributed by atoms with Gasteiger partial charge < -0.3 is 19.7 Å². The first-order chi connectivity index (χ1) is 21.6. The van der Waals surface area contributed by atoms with E-state index in [4.69, 9.17) is 38.1 Å². The van der Waals surface area contributed by atoms with Gasteiger partial charge in [-0.1, -0.05) is 53.5 Å². The molecule has 236 valence electrons. The highest BCUT2D eigenvalue weighted by Gasteiger charge is 2.40. The van der Waals surface area contributed by atoms with Crippen LogP contribution >= 0.6 is 35.1 Å². The second kappa shape index (κ2) is 15.6. The number of nitrogens with one attached hydrogen (secondary N) is 3. The maximum Gasteiger partial charge on any atom is 0.412 e. The van der Waals surface area contributed by atoms with Crippen LogP contribution in [0.2, 0.25) is 10.0 Å². The van der Waals surface area contributed by atoms with Crippen LogP contribution in [0.4, 0.5) is 4.79 Å². The lowest BCUT2D eigenvalue weighted by Crippen LogP contribution is -2.60. The number of amides is 4. The number of alkyl carbamates (subject to hydrolysis) is 1. The van der Waals surface area contributed by atoms with Crippen LogP contribution in [-0.4, -0.2) is 71.7 Å². The van der Waals surface area contributed by atoms with Gasteiger partial charge in [0.2, 0.25) is 11.8 Å². The molecule has 1 heterocycles. The number of carbonyl (C=O) groups is 4. The van der Waals surface area contributed by atoms with Crippen molar-refractivity contribution >= 4 is 64.8 Å². The van der Waals surface area contributed by atoms with Crippen LogP contribution in [0.25, 0.3) is 0 Å². The molecule has 1 saturated heterocycles. The summed E-state index contributed by atoms with van der Waals surface area (Å²) in [5.74, 6) is -0.818. The van der Waals surface area contributed by atoms with E-state index in [1.165, 1.54) is 33.3 Å². The predicted octanol–water partition coefficient (Wildman–Crippen LogP) is 4.68. The fourth-order valence-electron chi connectivity index (χ4n) is 4.49. The molecule has 1 atom stereocenters. The van der Waals surface area contributed by atoms with Crippen molar-refractivity contribution in [3.05, 3.63) is 93.5 Å². The zero-order chi connectivity index (χ0) is 32.5. The Labute approximate surface area is 274 Å². The molecule has 1 aliphatic heterocycles. The number of methoxy groups -OCH3 is 1. The molecule has 1 fully saturated rings. The molecular formula is C31H31Cl2N5O6S. The van der Waals surface area contributed by atoms with Gasteiger partial charge in [0.1, 0.15) is 30.7 Å². The van der Waals surface area contributed by atoms with Gasteiger partial charge in [-0.05, 0) is 66.4 Å². The van der Waals surface area contributed by atoms with Gasteiger partial charge in [0.15, 0.2) is 0 Å². The number of halogens is 2. The Morgan fingerprint density at radius 2 is 1.76 bits per heavy atom. The number of nitrogens with zero attached hydrogens (tertiary/aromatic N) is 2. The number of carbonyl (C=O) groups excluding carboxylic acids is 4. The Morgan fingerprint density at radius 1 is 1.04 bits per heavy atom. The highest BCUT2D eigenvalue weighted by molar-refractivity contribution is 7.97. The predicted molar refractivity (Wildman–Crippen MR) is 172 cm³/mol. The summed E-state index contributed by atoms with van der Waals surface area (Å²) in [6.07, 6.45) is -0.605. The van der Waals surface area contributed by atoms with Gasteiger partial charge in [0.05, 0.1) is 18.7 Å². The van der Waals surface area contributed by atoms with Crippen molar-refractivity contribution in [2.45, 2.75) is 30.8 Å². The smallest absolute Gasteiger partial charge is 0.412 e. The molecule has 11 nitrogen and oxygen atoms in total. The van der Waals surface area contributed by atoms with Crippen LogP contribution in [0, 0.1) is 5.41 Å². The third-order valence-corrected chi connectivity index (χ3v) is 8.43. The first-order valence-corrected chi connectivity index (χ1v) is 15.4. The van der Waals surface area contributed by atoms with Gasteiger partial charge >= 0.3 is 6.09 Å². The summed E-state index contributed by atoms with van der Waals surface area (Å²) in [6.45, 7) is 1.18. The highest BCUT2D eigenvalue weighted by atomic mass is 35.5. The van der Waals surface area contributed by atoms with Crippen LogP contribution in [0.3, 0.4) is 0 Å². The van der Waals surface area contributed by atoms with Crippen LogP contribution in [0.15, 0.2) is 71.6 Å². The van der Waals surface area contributed by atoms with E-state index < -0.39 is 18.0 Å². The molecule has 0 radical (unpaired) electrons. The molecule has 1 aliphatic rings. The van der Waals surface area contributed by atoms with Gasteiger partial charge in [-0.3, -0.25) is 29.4 Å². The molecular weight excluding hydrogens is 641 g/mol. The number of hydrogen-bond donors (Lipinski definition) is 3. The maximum atomic E-state index is 13.7. The number of amidine groups is 1. The van der Waals surface area contributed by atoms with E-state index in [2.05, 4.69) is 10.6 Å². The standard InChI is InChI=1S/C31H31Cl2N5O6S/c1-3-44-31(42)36-29(34)23-15-24(32)20(14-25(23)33)16-35-27(39)17-37-26(13-19-9-11-21(43-2)12-10-19)30(41)38(18-28(37)40)45-22-7-5-4-6-8-22/h4-12,14-15,26H,3,13,16-18H2,1-2H3,(H,35,39)(H2,34,36,42)/t26-/m0/s1. The number of hydrogen-bond acceptors (Lipinski definition) is 8. The largest absolute Gasteiger partial charge is 0.497 e. The number of rotatable bonds is 11. The second-order valence-corrected chi connectivity index (χ2v) is 11.7. The molecule has 3 aromatic rings. The average molecular weight is 673 g/mol. The molecule has 4 rings (SSSR count). The zero-order valence-electron chi connectivity index (χ0n) is 24.5. The Hall–Kier alpha value is -4.26. The maximum absolute atomic E-state index is 13.7. The minimum absolute atomic E-state index is 0.0363. The van der Waals surface area contributed by atoms with Gasteiger partial charge in [-0.15, -0.1) is 0 Å². The molecule has 0 bridgehead atoms. The Bertz CT molecular complexity index is 1570. The van der Waals surface area contributed by atoms with Gasteiger partial charge in [0.25, 0.3) is 5.91 Å². The summed E-state index contributed by atoms with van der Waals surface area (Å²) in [6, 6.07) is 18.4. The third-order valence-electron chi connectivity index (χ3n) is 6.75. The number of benzene rings is 3. The zero-order valence-corrected chi connectivity index (χ0v) is 26.8. The van der Waals surface area contributed by atoms with E-state index in [1.807, 2.05) is 42.5 Å². The van der Waals surface area contributed by atoms with Gasteiger partial charge in [-0.2, -0.15) is 0 Å². The van der Waals surface area contributed by atoms with Crippen molar-refractivity contribution < 1.29 is 28.7 Å². The van der Waals surface area contributed by atoms with E-state index in [0.29, 0.717) is 11.3 Å². The van der Waals surface area contributed by atoms with Gasteiger partial charge in [-0.25, -0.2) is 4.79 Å². The summed E-state index contributed by atoms with van der Waals surface area (Å²) >= 11 is 13.9. The summed E-state index contributed by atoms with van der Waals surface area (Å²) in [5.41, 5.74) is 1.41. The Balaban J connectivity index is 1.46. The minimum Gasteiger partial charge on any atom is -0.497 e. The molecule has 0 aliphatic carbocycles. The Kier molecular flexibility index (Phi) is 11.7. The molecule has 0 saturated carbocycles. The van der Waals surface area contributed by atoms with Crippen LogP contribution in [0.1, 0.15) is 23.6 Å². The summed E-state index contributed by atoms with van der Waals surface area (Å²) < 4.78 is 11.4. The molecule has 0 unspecified atom stereocenters.